The summed E-state index contributed by atoms with van der Waals surface area (Å²) < 4.78 is 13.0. The molecular formula is C19H25FN2O4. The summed E-state index contributed by atoms with van der Waals surface area (Å²) in [5.41, 5.74) is 0.403. The molecule has 0 spiro atoms. The maximum atomic E-state index is 13.0. The summed E-state index contributed by atoms with van der Waals surface area (Å²) in [6.45, 7) is -0.306. The minimum atomic E-state index is -1.11. The van der Waals surface area contributed by atoms with Gasteiger partial charge in [-0.1, -0.05) is 31.4 Å². The molecule has 1 unspecified atom stereocenters. The number of nitrogens with one attached hydrogen (secondary N) is 2. The van der Waals surface area contributed by atoms with E-state index in [0.29, 0.717) is 17.9 Å². The molecule has 0 radical (unpaired) electrons. The van der Waals surface area contributed by atoms with E-state index in [1.54, 1.807) is 0 Å². The summed E-state index contributed by atoms with van der Waals surface area (Å²) in [5, 5.41) is 14.4. The average molecular weight is 364 g/mol. The molecule has 1 aliphatic rings. The first kappa shape index (κ1) is 19.9. The summed E-state index contributed by atoms with van der Waals surface area (Å²) >= 11 is 0. The monoisotopic (exact) mass is 364 g/mol. The van der Waals surface area contributed by atoms with Crippen LogP contribution in [0.15, 0.2) is 24.3 Å². The largest absolute Gasteiger partial charge is 0.481 e. The van der Waals surface area contributed by atoms with Crippen molar-refractivity contribution in [3.05, 3.63) is 35.6 Å². The van der Waals surface area contributed by atoms with Crippen molar-refractivity contribution in [3.63, 3.8) is 0 Å². The summed E-state index contributed by atoms with van der Waals surface area (Å²) in [6, 6.07) is 5.12. The molecule has 0 aliphatic heterocycles. The first-order valence-corrected chi connectivity index (χ1v) is 8.97. The van der Waals surface area contributed by atoms with Gasteiger partial charge >= 0.3 is 5.97 Å². The number of hydrogen-bond acceptors (Lipinski definition) is 3. The van der Waals surface area contributed by atoms with Gasteiger partial charge in [0.25, 0.3) is 0 Å². The Morgan fingerprint density at radius 3 is 2.31 bits per heavy atom. The molecule has 2 amide bonds. The highest BCUT2D eigenvalue weighted by molar-refractivity contribution is 5.85. The zero-order chi connectivity index (χ0) is 18.9. The minimum Gasteiger partial charge on any atom is -0.481 e. The highest BCUT2D eigenvalue weighted by Gasteiger charge is 2.21. The van der Waals surface area contributed by atoms with E-state index in [0.717, 1.165) is 25.7 Å². The predicted molar refractivity (Wildman–Crippen MR) is 94.0 cm³/mol. The lowest BCUT2D eigenvalue weighted by Crippen LogP contribution is -2.40. The third-order valence-electron chi connectivity index (χ3n) is 4.72. The third kappa shape index (κ3) is 6.46. The molecule has 7 heteroatoms. The molecule has 1 aromatic rings. The van der Waals surface area contributed by atoms with Gasteiger partial charge in [0, 0.05) is 13.0 Å². The number of rotatable bonds is 8. The maximum Gasteiger partial charge on any atom is 0.312 e. The van der Waals surface area contributed by atoms with Crippen LogP contribution in [0.1, 0.15) is 50.0 Å². The molecule has 142 valence electrons. The summed E-state index contributed by atoms with van der Waals surface area (Å²) in [6.07, 6.45) is 6.06. The van der Waals surface area contributed by atoms with E-state index >= 15 is 0 Å². The zero-order valence-electron chi connectivity index (χ0n) is 14.7. The van der Waals surface area contributed by atoms with Crippen LogP contribution in [0.2, 0.25) is 0 Å². The SMILES string of the molecule is O=C(CNC(=O)CC1CCCCC1)NCC(C(=O)O)c1ccc(F)cc1. The predicted octanol–water partition coefficient (Wildman–Crippen LogP) is 2.20. The molecule has 1 atom stereocenters. The van der Waals surface area contributed by atoms with Crippen LogP contribution < -0.4 is 10.6 Å². The summed E-state index contributed by atoms with van der Waals surface area (Å²) in [7, 11) is 0. The van der Waals surface area contributed by atoms with E-state index in [9.17, 15) is 23.9 Å². The fourth-order valence-electron chi connectivity index (χ4n) is 3.23. The van der Waals surface area contributed by atoms with Crippen molar-refractivity contribution in [2.45, 2.75) is 44.4 Å². The molecule has 0 aromatic heterocycles. The maximum absolute atomic E-state index is 13.0. The van der Waals surface area contributed by atoms with E-state index < -0.39 is 23.6 Å². The lowest BCUT2D eigenvalue weighted by molar-refractivity contribution is -0.138. The van der Waals surface area contributed by atoms with Gasteiger partial charge in [0.15, 0.2) is 0 Å². The number of benzene rings is 1. The zero-order valence-corrected chi connectivity index (χ0v) is 14.7. The molecule has 0 heterocycles. The molecule has 3 N–H and O–H groups in total. The molecule has 0 bridgehead atoms. The summed E-state index contributed by atoms with van der Waals surface area (Å²) in [4.78, 5) is 35.1. The minimum absolute atomic E-state index is 0.127. The molecule has 1 aromatic carbocycles. The average Bonchev–Trinajstić information content (AvgIpc) is 2.62. The van der Waals surface area contributed by atoms with Crippen molar-refractivity contribution in [3.8, 4) is 0 Å². The number of amides is 2. The molecule has 1 fully saturated rings. The number of aliphatic carboxylic acids is 1. The van der Waals surface area contributed by atoms with E-state index in [-0.39, 0.29) is 19.0 Å². The van der Waals surface area contributed by atoms with Crippen molar-refractivity contribution >= 4 is 17.8 Å². The van der Waals surface area contributed by atoms with Gasteiger partial charge in [-0.3, -0.25) is 14.4 Å². The number of carbonyl (C=O) groups excluding carboxylic acids is 2. The lowest BCUT2D eigenvalue weighted by atomic mass is 9.87. The van der Waals surface area contributed by atoms with Crippen LogP contribution in [0.4, 0.5) is 4.39 Å². The van der Waals surface area contributed by atoms with Gasteiger partial charge in [0.2, 0.25) is 11.8 Å². The Kier molecular flexibility index (Phi) is 7.56. The fraction of sp³-hybridized carbons (Fsp3) is 0.526. The molecule has 0 saturated heterocycles. The lowest BCUT2D eigenvalue weighted by Gasteiger charge is -2.20. The van der Waals surface area contributed by atoms with Crippen LogP contribution in [0.3, 0.4) is 0 Å². The molecule has 1 aliphatic carbocycles. The van der Waals surface area contributed by atoms with Crippen LogP contribution in [-0.4, -0.2) is 36.0 Å². The Hall–Kier alpha value is -2.44. The topological polar surface area (TPSA) is 95.5 Å². The second-order valence-electron chi connectivity index (χ2n) is 6.73. The Labute approximate surface area is 152 Å². The number of carboxylic acids is 1. The van der Waals surface area contributed by atoms with Gasteiger partial charge in [0.1, 0.15) is 5.82 Å². The van der Waals surface area contributed by atoms with Gasteiger partial charge in [0.05, 0.1) is 12.5 Å². The molecule has 26 heavy (non-hydrogen) atoms. The number of carbonyl (C=O) groups is 3. The second kappa shape index (κ2) is 9.89. The number of carboxylic acid groups (broad SMARTS) is 1. The Morgan fingerprint density at radius 2 is 1.69 bits per heavy atom. The van der Waals surface area contributed by atoms with Crippen LogP contribution in [0.25, 0.3) is 0 Å². The van der Waals surface area contributed by atoms with Gasteiger partial charge in [-0.15, -0.1) is 0 Å². The highest BCUT2D eigenvalue weighted by atomic mass is 19.1. The van der Waals surface area contributed by atoms with Gasteiger partial charge in [-0.2, -0.15) is 0 Å². The van der Waals surface area contributed by atoms with Crippen molar-refractivity contribution in [2.75, 3.05) is 13.1 Å². The van der Waals surface area contributed by atoms with Crippen LogP contribution in [0, 0.1) is 11.7 Å². The Balaban J connectivity index is 1.74. The highest BCUT2D eigenvalue weighted by Crippen LogP contribution is 2.26. The number of halogens is 1. The van der Waals surface area contributed by atoms with Crippen LogP contribution in [0.5, 0.6) is 0 Å². The smallest absolute Gasteiger partial charge is 0.312 e. The molecule has 6 nitrogen and oxygen atoms in total. The fourth-order valence-corrected chi connectivity index (χ4v) is 3.23. The second-order valence-corrected chi connectivity index (χ2v) is 6.73. The van der Waals surface area contributed by atoms with Crippen molar-refractivity contribution in [2.24, 2.45) is 5.92 Å². The van der Waals surface area contributed by atoms with E-state index in [4.69, 9.17) is 0 Å². The number of hydrogen-bond donors (Lipinski definition) is 3. The van der Waals surface area contributed by atoms with Gasteiger partial charge in [-0.05, 0) is 36.5 Å². The van der Waals surface area contributed by atoms with Crippen LogP contribution in [-0.2, 0) is 14.4 Å². The third-order valence-corrected chi connectivity index (χ3v) is 4.72. The van der Waals surface area contributed by atoms with E-state index in [2.05, 4.69) is 10.6 Å². The first-order valence-electron chi connectivity index (χ1n) is 8.97. The Morgan fingerprint density at radius 1 is 1.04 bits per heavy atom. The van der Waals surface area contributed by atoms with Crippen LogP contribution >= 0.6 is 0 Å². The molecule has 2 rings (SSSR count). The van der Waals surface area contributed by atoms with Crippen molar-refractivity contribution in [1.29, 1.82) is 0 Å². The van der Waals surface area contributed by atoms with E-state index in [1.807, 2.05) is 0 Å². The van der Waals surface area contributed by atoms with Crippen molar-refractivity contribution in [1.82, 2.24) is 10.6 Å². The van der Waals surface area contributed by atoms with Gasteiger partial charge in [-0.25, -0.2) is 4.39 Å². The van der Waals surface area contributed by atoms with Crippen molar-refractivity contribution < 1.29 is 23.9 Å². The molecule has 1 saturated carbocycles. The Bertz CT molecular complexity index is 627. The van der Waals surface area contributed by atoms with E-state index in [1.165, 1.54) is 30.7 Å². The summed E-state index contributed by atoms with van der Waals surface area (Å²) in [5.74, 6) is -2.75. The molecular weight excluding hydrogens is 339 g/mol. The normalized spacial score (nSPS) is 15.9. The quantitative estimate of drug-likeness (QED) is 0.659. The first-order chi connectivity index (χ1) is 12.5. The standard InChI is InChI=1S/C19H25FN2O4/c20-15-8-6-14(7-9-15)16(19(25)26)11-21-18(24)12-22-17(23)10-13-4-2-1-3-5-13/h6-9,13,16H,1-5,10-12H2,(H,21,24)(H,22,23)(H,25,26). The van der Waals surface area contributed by atoms with Gasteiger partial charge < -0.3 is 15.7 Å².